The van der Waals surface area contributed by atoms with E-state index in [0.717, 1.165) is 0 Å². The van der Waals surface area contributed by atoms with Crippen molar-refractivity contribution in [2.75, 3.05) is 0 Å². The van der Waals surface area contributed by atoms with Gasteiger partial charge in [0.25, 0.3) is 5.56 Å². The molecule has 1 saturated heterocycles. The molecule has 1 amide bonds. The van der Waals surface area contributed by atoms with Crippen LogP contribution in [0, 0.1) is 0 Å². The summed E-state index contributed by atoms with van der Waals surface area (Å²) in [5.41, 5.74) is -0.200. The molecule has 0 bridgehead atoms. The molecule has 5 nitrogen and oxygen atoms in total. The van der Waals surface area contributed by atoms with E-state index in [1.165, 1.54) is 10.6 Å². The van der Waals surface area contributed by atoms with Gasteiger partial charge < -0.3 is 15.0 Å². The smallest absolute Gasteiger partial charge is 0.251 e. The van der Waals surface area contributed by atoms with Crippen LogP contribution in [0.2, 0.25) is 0 Å². The molecule has 1 aromatic rings. The predicted octanol–water partition coefficient (Wildman–Crippen LogP) is -0.382. The standard InChI is InChI=1S/C10H12N2O3/c13-8-5-4-7(10(15)11-8)12-6-2-1-3-9(12)14/h1-3,6-8,13H,4-5H2,(H,11,15). The van der Waals surface area contributed by atoms with Crippen molar-refractivity contribution < 1.29 is 9.90 Å². The highest BCUT2D eigenvalue weighted by Crippen LogP contribution is 2.17. The number of aromatic nitrogens is 1. The van der Waals surface area contributed by atoms with Crippen molar-refractivity contribution in [3.05, 3.63) is 34.7 Å². The molecule has 2 N–H and O–H groups in total. The monoisotopic (exact) mass is 208 g/mol. The van der Waals surface area contributed by atoms with Crippen LogP contribution >= 0.6 is 0 Å². The van der Waals surface area contributed by atoms with Crippen molar-refractivity contribution in [1.29, 1.82) is 0 Å². The summed E-state index contributed by atoms with van der Waals surface area (Å²) in [6.07, 6.45) is 1.76. The van der Waals surface area contributed by atoms with Crippen LogP contribution in [0.25, 0.3) is 0 Å². The third-order valence-corrected chi connectivity index (χ3v) is 2.51. The maximum Gasteiger partial charge on any atom is 0.251 e. The number of piperidine rings is 1. The zero-order valence-electron chi connectivity index (χ0n) is 8.09. The topological polar surface area (TPSA) is 71.3 Å². The number of pyridine rings is 1. The highest BCUT2D eigenvalue weighted by molar-refractivity contribution is 5.81. The van der Waals surface area contributed by atoms with E-state index in [9.17, 15) is 14.7 Å². The number of hydrogen-bond donors (Lipinski definition) is 2. The van der Waals surface area contributed by atoms with Crippen molar-refractivity contribution in [1.82, 2.24) is 9.88 Å². The third kappa shape index (κ3) is 1.92. The lowest BCUT2D eigenvalue weighted by molar-refractivity contribution is -0.130. The first-order valence-corrected chi connectivity index (χ1v) is 4.84. The summed E-state index contributed by atoms with van der Waals surface area (Å²) in [6.45, 7) is 0. The van der Waals surface area contributed by atoms with Crippen molar-refractivity contribution in [3.8, 4) is 0 Å². The summed E-state index contributed by atoms with van der Waals surface area (Å²) < 4.78 is 1.39. The molecule has 0 aliphatic carbocycles. The number of rotatable bonds is 1. The van der Waals surface area contributed by atoms with Crippen LogP contribution in [-0.4, -0.2) is 21.8 Å². The van der Waals surface area contributed by atoms with Crippen LogP contribution in [0.4, 0.5) is 0 Å². The number of nitrogens with zero attached hydrogens (tertiary/aromatic N) is 1. The molecule has 1 aliphatic rings. The molecule has 2 unspecified atom stereocenters. The van der Waals surface area contributed by atoms with Gasteiger partial charge in [-0.3, -0.25) is 9.59 Å². The SMILES string of the molecule is O=C1NC(O)CCC1n1ccccc1=O. The number of aliphatic hydroxyl groups excluding tert-OH is 1. The quantitative estimate of drug-likeness (QED) is 0.660. The van der Waals surface area contributed by atoms with E-state index in [-0.39, 0.29) is 11.5 Å². The van der Waals surface area contributed by atoms with E-state index >= 15 is 0 Å². The molecule has 80 valence electrons. The average Bonchev–Trinajstić information content (AvgIpc) is 2.20. The predicted molar refractivity (Wildman–Crippen MR) is 53.1 cm³/mol. The van der Waals surface area contributed by atoms with Gasteiger partial charge in [0.1, 0.15) is 12.3 Å². The van der Waals surface area contributed by atoms with Crippen molar-refractivity contribution in [2.45, 2.75) is 25.1 Å². The Labute approximate surface area is 86.3 Å². The molecule has 0 spiro atoms. The molecular formula is C10H12N2O3. The fourth-order valence-corrected chi connectivity index (χ4v) is 1.74. The number of aliphatic hydroxyl groups is 1. The van der Waals surface area contributed by atoms with Gasteiger partial charge in [-0.1, -0.05) is 6.07 Å². The van der Waals surface area contributed by atoms with Crippen LogP contribution in [0.3, 0.4) is 0 Å². The first kappa shape index (κ1) is 9.92. The minimum Gasteiger partial charge on any atom is -0.374 e. The Hall–Kier alpha value is -1.62. The zero-order valence-corrected chi connectivity index (χ0v) is 8.09. The Morgan fingerprint density at radius 3 is 2.80 bits per heavy atom. The maximum atomic E-state index is 11.5. The van der Waals surface area contributed by atoms with Crippen LogP contribution in [0.5, 0.6) is 0 Å². The lowest BCUT2D eigenvalue weighted by atomic mass is 10.1. The number of nitrogens with one attached hydrogen (secondary N) is 1. The Balaban J connectivity index is 2.29. The summed E-state index contributed by atoms with van der Waals surface area (Å²) >= 11 is 0. The largest absolute Gasteiger partial charge is 0.374 e. The summed E-state index contributed by atoms with van der Waals surface area (Å²) in [5.74, 6) is -0.304. The van der Waals surface area contributed by atoms with Gasteiger partial charge in [-0.2, -0.15) is 0 Å². The number of amides is 1. The second-order valence-corrected chi connectivity index (χ2v) is 3.56. The van der Waals surface area contributed by atoms with Gasteiger partial charge in [0.05, 0.1) is 0 Å². The second kappa shape index (κ2) is 3.86. The summed E-state index contributed by atoms with van der Waals surface area (Å²) in [7, 11) is 0. The van der Waals surface area contributed by atoms with Crippen LogP contribution in [-0.2, 0) is 4.79 Å². The van der Waals surface area contributed by atoms with E-state index in [2.05, 4.69) is 5.32 Å². The molecular weight excluding hydrogens is 196 g/mol. The maximum absolute atomic E-state index is 11.5. The highest BCUT2D eigenvalue weighted by atomic mass is 16.3. The minimum atomic E-state index is -0.784. The molecule has 1 aliphatic heterocycles. The van der Waals surface area contributed by atoms with E-state index in [4.69, 9.17) is 0 Å². The number of hydrogen-bond acceptors (Lipinski definition) is 3. The molecule has 2 heterocycles. The summed E-state index contributed by atoms with van der Waals surface area (Å²) in [5, 5.41) is 11.6. The summed E-state index contributed by atoms with van der Waals surface area (Å²) in [4.78, 5) is 23.0. The Morgan fingerprint density at radius 2 is 2.13 bits per heavy atom. The molecule has 2 atom stereocenters. The minimum absolute atomic E-state index is 0.200. The van der Waals surface area contributed by atoms with Crippen molar-refractivity contribution in [3.63, 3.8) is 0 Å². The van der Waals surface area contributed by atoms with Gasteiger partial charge in [0, 0.05) is 12.3 Å². The Morgan fingerprint density at radius 1 is 1.33 bits per heavy atom. The average molecular weight is 208 g/mol. The molecule has 1 fully saturated rings. The van der Waals surface area contributed by atoms with Gasteiger partial charge in [0.2, 0.25) is 5.91 Å². The lowest BCUT2D eigenvalue weighted by Gasteiger charge is -2.27. The Bertz CT molecular complexity index is 427. The van der Waals surface area contributed by atoms with E-state index < -0.39 is 12.3 Å². The highest BCUT2D eigenvalue weighted by Gasteiger charge is 2.28. The van der Waals surface area contributed by atoms with Gasteiger partial charge in [-0.05, 0) is 18.9 Å². The molecule has 15 heavy (non-hydrogen) atoms. The van der Waals surface area contributed by atoms with Crippen LogP contribution < -0.4 is 10.9 Å². The van der Waals surface area contributed by atoms with Crippen LogP contribution in [0.15, 0.2) is 29.2 Å². The van der Waals surface area contributed by atoms with Gasteiger partial charge in [-0.25, -0.2) is 0 Å². The third-order valence-electron chi connectivity index (χ3n) is 2.51. The first-order valence-electron chi connectivity index (χ1n) is 4.84. The van der Waals surface area contributed by atoms with E-state index in [0.29, 0.717) is 12.8 Å². The fraction of sp³-hybridized carbons (Fsp3) is 0.400. The van der Waals surface area contributed by atoms with Crippen molar-refractivity contribution in [2.24, 2.45) is 0 Å². The van der Waals surface area contributed by atoms with Crippen molar-refractivity contribution >= 4 is 5.91 Å². The molecule has 1 aromatic heterocycles. The Kier molecular flexibility index (Phi) is 2.55. The second-order valence-electron chi connectivity index (χ2n) is 3.56. The first-order chi connectivity index (χ1) is 7.18. The van der Waals surface area contributed by atoms with Gasteiger partial charge in [0.15, 0.2) is 0 Å². The summed E-state index contributed by atoms with van der Waals surface area (Å²) in [6, 6.07) is 4.26. The van der Waals surface area contributed by atoms with E-state index in [1.54, 1.807) is 18.3 Å². The molecule has 5 heteroatoms. The molecule has 0 aromatic carbocycles. The molecule has 0 radical (unpaired) electrons. The normalized spacial score (nSPS) is 26.1. The zero-order chi connectivity index (χ0) is 10.8. The fourth-order valence-electron chi connectivity index (χ4n) is 1.74. The molecule has 2 rings (SSSR count). The van der Waals surface area contributed by atoms with Gasteiger partial charge in [-0.15, -0.1) is 0 Å². The number of carbonyl (C=O) groups is 1. The van der Waals surface area contributed by atoms with E-state index in [1.807, 2.05) is 0 Å². The number of carbonyl (C=O) groups excluding carboxylic acids is 1. The van der Waals surface area contributed by atoms with Crippen LogP contribution in [0.1, 0.15) is 18.9 Å². The molecule has 0 saturated carbocycles. The van der Waals surface area contributed by atoms with Gasteiger partial charge >= 0.3 is 0 Å². The lowest BCUT2D eigenvalue weighted by Crippen LogP contribution is -2.46.